The average molecular weight is 198 g/mol. The molecule has 2 aliphatic rings. The Kier molecular flexibility index (Phi) is 2.63. The monoisotopic (exact) mass is 198 g/mol. The van der Waals surface area contributed by atoms with Crippen LogP contribution in [0.15, 0.2) is 0 Å². The molecular weight excluding hydrogens is 180 g/mol. The molecule has 0 spiro atoms. The van der Waals surface area contributed by atoms with Gasteiger partial charge in [-0.3, -0.25) is 0 Å². The number of nitrogens with zero attached hydrogens (tertiary/aromatic N) is 1. The van der Waals surface area contributed by atoms with E-state index in [-0.39, 0.29) is 0 Å². The van der Waals surface area contributed by atoms with Gasteiger partial charge in [-0.05, 0) is 38.1 Å². The minimum Gasteiger partial charge on any atom is -0.465 e. The molecule has 80 valence electrons. The van der Waals surface area contributed by atoms with Crippen LogP contribution in [0.25, 0.3) is 0 Å². The van der Waals surface area contributed by atoms with Crippen LogP contribution in [0.4, 0.5) is 4.79 Å². The lowest BCUT2D eigenvalue weighted by Crippen LogP contribution is -2.35. The summed E-state index contributed by atoms with van der Waals surface area (Å²) < 4.78 is 0. The van der Waals surface area contributed by atoms with Gasteiger partial charge in [0.25, 0.3) is 0 Å². The van der Waals surface area contributed by atoms with Gasteiger partial charge < -0.3 is 15.3 Å². The zero-order valence-electron chi connectivity index (χ0n) is 8.57. The molecule has 0 radical (unpaired) electrons. The van der Waals surface area contributed by atoms with Crippen molar-refractivity contribution in [1.29, 1.82) is 0 Å². The van der Waals surface area contributed by atoms with E-state index in [0.717, 1.165) is 19.5 Å². The van der Waals surface area contributed by atoms with E-state index >= 15 is 0 Å². The summed E-state index contributed by atoms with van der Waals surface area (Å²) in [6, 6.07) is 0.602. The van der Waals surface area contributed by atoms with Crippen LogP contribution in [0.3, 0.4) is 0 Å². The molecule has 1 saturated heterocycles. The summed E-state index contributed by atoms with van der Waals surface area (Å²) in [4.78, 5) is 12.4. The number of carbonyl (C=O) groups is 1. The first-order chi connectivity index (χ1) is 6.70. The van der Waals surface area contributed by atoms with Crippen molar-refractivity contribution in [2.75, 3.05) is 20.1 Å². The molecule has 1 saturated carbocycles. The Morgan fingerprint density at radius 3 is 2.71 bits per heavy atom. The summed E-state index contributed by atoms with van der Waals surface area (Å²) in [6.07, 6.45) is 2.77. The number of hydrogen-bond donors (Lipinski definition) is 2. The third-order valence-electron chi connectivity index (χ3n) is 3.73. The SMILES string of the molecule is CNC1CCC2CN(C(=O)O)CC2C1. The van der Waals surface area contributed by atoms with Gasteiger partial charge in [0.1, 0.15) is 0 Å². The largest absolute Gasteiger partial charge is 0.465 e. The molecule has 4 heteroatoms. The Hall–Kier alpha value is -0.770. The van der Waals surface area contributed by atoms with Crippen LogP contribution in [0.2, 0.25) is 0 Å². The molecule has 0 aromatic carbocycles. The maximum atomic E-state index is 10.8. The van der Waals surface area contributed by atoms with Crippen molar-refractivity contribution in [3.05, 3.63) is 0 Å². The number of carboxylic acid groups (broad SMARTS) is 1. The molecule has 1 heterocycles. The van der Waals surface area contributed by atoms with Crippen molar-refractivity contribution in [3.63, 3.8) is 0 Å². The maximum absolute atomic E-state index is 10.8. The number of nitrogens with one attached hydrogen (secondary N) is 1. The fourth-order valence-electron chi connectivity index (χ4n) is 2.85. The molecule has 1 amide bonds. The maximum Gasteiger partial charge on any atom is 0.407 e. The smallest absolute Gasteiger partial charge is 0.407 e. The lowest BCUT2D eigenvalue weighted by molar-refractivity contribution is 0.153. The van der Waals surface area contributed by atoms with E-state index in [1.54, 1.807) is 4.90 Å². The molecule has 14 heavy (non-hydrogen) atoms. The van der Waals surface area contributed by atoms with Gasteiger partial charge in [0.2, 0.25) is 0 Å². The van der Waals surface area contributed by atoms with Gasteiger partial charge in [-0.2, -0.15) is 0 Å². The molecule has 1 aliphatic heterocycles. The Balaban J connectivity index is 1.95. The lowest BCUT2D eigenvalue weighted by Gasteiger charge is -2.30. The molecule has 2 fully saturated rings. The zero-order chi connectivity index (χ0) is 10.1. The number of rotatable bonds is 1. The van der Waals surface area contributed by atoms with Gasteiger partial charge in [0, 0.05) is 19.1 Å². The molecule has 0 aromatic rings. The predicted octanol–water partition coefficient (Wildman–Crippen LogP) is 0.984. The predicted molar refractivity (Wildman–Crippen MR) is 53.3 cm³/mol. The minimum atomic E-state index is -0.750. The molecule has 0 bridgehead atoms. The fraction of sp³-hybridized carbons (Fsp3) is 0.900. The van der Waals surface area contributed by atoms with E-state index in [0.29, 0.717) is 17.9 Å². The van der Waals surface area contributed by atoms with Gasteiger partial charge in [-0.15, -0.1) is 0 Å². The highest BCUT2D eigenvalue weighted by Gasteiger charge is 2.38. The molecule has 2 rings (SSSR count). The quantitative estimate of drug-likeness (QED) is 0.660. The number of hydrogen-bond acceptors (Lipinski definition) is 2. The highest BCUT2D eigenvalue weighted by atomic mass is 16.4. The van der Waals surface area contributed by atoms with E-state index in [4.69, 9.17) is 5.11 Å². The van der Waals surface area contributed by atoms with Crippen molar-refractivity contribution in [3.8, 4) is 0 Å². The van der Waals surface area contributed by atoms with E-state index in [2.05, 4.69) is 5.32 Å². The van der Waals surface area contributed by atoms with Crippen LogP contribution in [-0.4, -0.2) is 42.3 Å². The molecule has 0 aromatic heterocycles. The summed E-state index contributed by atoms with van der Waals surface area (Å²) >= 11 is 0. The van der Waals surface area contributed by atoms with Gasteiger partial charge in [0.05, 0.1) is 0 Å². The third kappa shape index (κ3) is 1.71. The molecule has 4 nitrogen and oxygen atoms in total. The Morgan fingerprint density at radius 1 is 1.36 bits per heavy atom. The van der Waals surface area contributed by atoms with Crippen LogP contribution in [-0.2, 0) is 0 Å². The Morgan fingerprint density at radius 2 is 2.07 bits per heavy atom. The molecule has 2 N–H and O–H groups in total. The molecule has 3 unspecified atom stereocenters. The summed E-state index contributed by atoms with van der Waals surface area (Å²) in [7, 11) is 1.99. The Bertz CT molecular complexity index is 232. The van der Waals surface area contributed by atoms with Crippen LogP contribution < -0.4 is 5.32 Å². The molecule has 1 aliphatic carbocycles. The average Bonchev–Trinajstić information content (AvgIpc) is 2.59. The number of likely N-dealkylation sites (tertiary alicyclic amines) is 1. The van der Waals surface area contributed by atoms with E-state index in [1.807, 2.05) is 7.05 Å². The fourth-order valence-corrected chi connectivity index (χ4v) is 2.85. The second-order valence-corrected chi connectivity index (χ2v) is 4.51. The highest BCUT2D eigenvalue weighted by Crippen LogP contribution is 2.36. The first-order valence-corrected chi connectivity index (χ1v) is 5.36. The zero-order valence-corrected chi connectivity index (χ0v) is 8.57. The lowest BCUT2D eigenvalue weighted by atomic mass is 9.79. The summed E-state index contributed by atoms with van der Waals surface area (Å²) in [5, 5.41) is 12.2. The highest BCUT2D eigenvalue weighted by molar-refractivity contribution is 5.65. The van der Waals surface area contributed by atoms with E-state index < -0.39 is 6.09 Å². The molecule has 3 atom stereocenters. The second-order valence-electron chi connectivity index (χ2n) is 4.51. The standard InChI is InChI=1S/C10H18N2O2/c1-11-9-3-2-7-5-12(10(13)14)6-8(7)4-9/h7-9,11H,2-6H2,1H3,(H,13,14). The van der Waals surface area contributed by atoms with Gasteiger partial charge in [-0.1, -0.05) is 0 Å². The first kappa shape index (κ1) is 9.77. The van der Waals surface area contributed by atoms with Crippen molar-refractivity contribution >= 4 is 6.09 Å². The van der Waals surface area contributed by atoms with Crippen LogP contribution in [0.5, 0.6) is 0 Å². The van der Waals surface area contributed by atoms with Crippen LogP contribution >= 0.6 is 0 Å². The topological polar surface area (TPSA) is 52.6 Å². The van der Waals surface area contributed by atoms with Crippen molar-refractivity contribution < 1.29 is 9.90 Å². The normalized spacial score (nSPS) is 36.9. The third-order valence-corrected chi connectivity index (χ3v) is 3.73. The summed E-state index contributed by atoms with van der Waals surface area (Å²) in [5.74, 6) is 1.22. The minimum absolute atomic E-state index is 0.595. The van der Waals surface area contributed by atoms with Crippen LogP contribution in [0, 0.1) is 11.8 Å². The van der Waals surface area contributed by atoms with Crippen molar-refractivity contribution in [2.24, 2.45) is 11.8 Å². The number of amides is 1. The Labute approximate surface area is 84.3 Å². The number of fused-ring (bicyclic) bond motifs is 1. The van der Waals surface area contributed by atoms with Crippen molar-refractivity contribution in [1.82, 2.24) is 10.2 Å². The summed E-state index contributed by atoms with van der Waals surface area (Å²) in [6.45, 7) is 1.51. The van der Waals surface area contributed by atoms with Gasteiger partial charge >= 0.3 is 6.09 Å². The van der Waals surface area contributed by atoms with Gasteiger partial charge in [0.15, 0.2) is 0 Å². The van der Waals surface area contributed by atoms with E-state index in [1.165, 1.54) is 12.8 Å². The summed E-state index contributed by atoms with van der Waals surface area (Å²) in [5.41, 5.74) is 0. The first-order valence-electron chi connectivity index (χ1n) is 5.36. The second kappa shape index (κ2) is 3.77. The van der Waals surface area contributed by atoms with E-state index in [9.17, 15) is 4.79 Å². The van der Waals surface area contributed by atoms with Gasteiger partial charge in [-0.25, -0.2) is 4.79 Å². The van der Waals surface area contributed by atoms with Crippen molar-refractivity contribution in [2.45, 2.75) is 25.3 Å². The molecular formula is C10H18N2O2. The van der Waals surface area contributed by atoms with Crippen LogP contribution in [0.1, 0.15) is 19.3 Å².